The van der Waals surface area contributed by atoms with E-state index in [9.17, 15) is 4.79 Å². The summed E-state index contributed by atoms with van der Waals surface area (Å²) in [6.07, 6.45) is 7.42. The summed E-state index contributed by atoms with van der Waals surface area (Å²) in [6.45, 7) is 3.44. The summed E-state index contributed by atoms with van der Waals surface area (Å²) < 4.78 is 0. The zero-order valence-electron chi connectivity index (χ0n) is 13.6. The zero-order chi connectivity index (χ0) is 14.7. The van der Waals surface area contributed by atoms with Gasteiger partial charge in [-0.05, 0) is 50.7 Å². The molecule has 2 aliphatic rings. The zero-order valence-corrected chi connectivity index (χ0v) is 15.2. The van der Waals surface area contributed by atoms with Gasteiger partial charge in [0.15, 0.2) is 0 Å². The first-order chi connectivity index (χ1) is 10.2. The Labute approximate surface area is 151 Å². The number of rotatable bonds is 5. The summed E-state index contributed by atoms with van der Waals surface area (Å²) in [5.41, 5.74) is 0.970. The first-order valence-electron chi connectivity index (χ1n) is 8.18. The van der Waals surface area contributed by atoms with Crippen LogP contribution in [0.5, 0.6) is 0 Å². The van der Waals surface area contributed by atoms with Crippen LogP contribution in [0.3, 0.4) is 0 Å². The number of aromatic nitrogens is 1. The topological polar surface area (TPSA) is 45.2 Å². The smallest absolute Gasteiger partial charge is 0.223 e. The molecule has 2 bridgehead atoms. The molecule has 2 unspecified atom stereocenters. The maximum absolute atomic E-state index is 12.6. The van der Waals surface area contributed by atoms with Gasteiger partial charge < -0.3 is 10.2 Å². The fraction of sp³-hybridized carbons (Fsp3) is 0.647. The van der Waals surface area contributed by atoms with Crippen LogP contribution in [0.2, 0.25) is 0 Å². The Morgan fingerprint density at radius 3 is 2.52 bits per heavy atom. The summed E-state index contributed by atoms with van der Waals surface area (Å²) in [4.78, 5) is 18.8. The molecule has 3 rings (SSSR count). The lowest BCUT2D eigenvalue weighted by Gasteiger charge is -2.30. The van der Waals surface area contributed by atoms with E-state index in [-0.39, 0.29) is 30.7 Å². The SMILES string of the molecule is CCN(Cc1ccccn1)C(=O)CC1CC2CCC(C1)N2.Cl.Cl. The predicted molar refractivity (Wildman–Crippen MR) is 97.1 cm³/mol. The fourth-order valence-electron chi connectivity index (χ4n) is 3.78. The lowest BCUT2D eigenvalue weighted by atomic mass is 9.89. The molecule has 0 aromatic carbocycles. The molecular weight excluding hydrogens is 333 g/mol. The maximum Gasteiger partial charge on any atom is 0.223 e. The molecule has 0 aliphatic carbocycles. The molecular formula is C17H27Cl2N3O. The monoisotopic (exact) mass is 359 g/mol. The summed E-state index contributed by atoms with van der Waals surface area (Å²) in [5, 5.41) is 3.64. The number of hydrogen-bond donors (Lipinski definition) is 1. The molecule has 6 heteroatoms. The second kappa shape index (κ2) is 9.45. The van der Waals surface area contributed by atoms with Crippen LogP contribution in [0.15, 0.2) is 24.4 Å². The van der Waals surface area contributed by atoms with E-state index >= 15 is 0 Å². The van der Waals surface area contributed by atoms with E-state index in [0.717, 1.165) is 12.2 Å². The number of fused-ring (bicyclic) bond motifs is 2. The van der Waals surface area contributed by atoms with Crippen LogP contribution in [-0.4, -0.2) is 34.4 Å². The number of pyridine rings is 1. The average molecular weight is 360 g/mol. The van der Waals surface area contributed by atoms with Gasteiger partial charge in [0, 0.05) is 31.2 Å². The van der Waals surface area contributed by atoms with E-state index in [1.165, 1.54) is 25.7 Å². The minimum atomic E-state index is 0. The van der Waals surface area contributed by atoms with Crippen molar-refractivity contribution in [1.82, 2.24) is 15.2 Å². The van der Waals surface area contributed by atoms with Gasteiger partial charge in [0.2, 0.25) is 5.91 Å². The van der Waals surface area contributed by atoms with Crippen LogP contribution in [0.25, 0.3) is 0 Å². The second-order valence-electron chi connectivity index (χ2n) is 6.41. The van der Waals surface area contributed by atoms with Crippen molar-refractivity contribution in [3.8, 4) is 0 Å². The largest absolute Gasteiger partial charge is 0.337 e. The molecule has 0 radical (unpaired) electrons. The van der Waals surface area contributed by atoms with Crippen LogP contribution in [0, 0.1) is 5.92 Å². The van der Waals surface area contributed by atoms with Crippen LogP contribution >= 0.6 is 24.8 Å². The first-order valence-corrected chi connectivity index (χ1v) is 8.18. The third-order valence-corrected chi connectivity index (χ3v) is 4.85. The highest BCUT2D eigenvalue weighted by molar-refractivity contribution is 5.85. The van der Waals surface area contributed by atoms with Crippen molar-refractivity contribution in [3.63, 3.8) is 0 Å². The predicted octanol–water partition coefficient (Wildman–Crippen LogP) is 3.19. The number of carbonyl (C=O) groups excluding carboxylic acids is 1. The van der Waals surface area contributed by atoms with Gasteiger partial charge in [0.25, 0.3) is 0 Å². The van der Waals surface area contributed by atoms with Crippen LogP contribution in [0.1, 0.15) is 44.7 Å². The van der Waals surface area contributed by atoms with Crippen molar-refractivity contribution in [2.45, 2.75) is 57.7 Å². The summed E-state index contributed by atoms with van der Waals surface area (Å²) in [7, 11) is 0. The van der Waals surface area contributed by atoms with Crippen LogP contribution in [0.4, 0.5) is 0 Å². The number of halogens is 2. The fourth-order valence-corrected chi connectivity index (χ4v) is 3.78. The minimum Gasteiger partial charge on any atom is -0.337 e. The van der Waals surface area contributed by atoms with Gasteiger partial charge in [-0.3, -0.25) is 9.78 Å². The standard InChI is InChI=1S/C17H25N3O.2ClH/c1-2-20(12-16-5-3-4-8-18-16)17(21)11-13-9-14-6-7-15(10-13)19-14;;/h3-5,8,13-15,19H,2,6-7,9-12H2,1H3;2*1H. The highest BCUT2D eigenvalue weighted by Crippen LogP contribution is 2.33. The number of nitrogens with zero attached hydrogens (tertiary/aromatic N) is 2. The highest BCUT2D eigenvalue weighted by Gasteiger charge is 2.34. The quantitative estimate of drug-likeness (QED) is 0.877. The Balaban J connectivity index is 0.00000132. The highest BCUT2D eigenvalue weighted by atomic mass is 35.5. The van der Waals surface area contributed by atoms with Crippen molar-refractivity contribution >= 4 is 30.7 Å². The van der Waals surface area contributed by atoms with Gasteiger partial charge in [-0.25, -0.2) is 0 Å². The molecule has 0 spiro atoms. The molecule has 1 aromatic rings. The molecule has 0 saturated carbocycles. The Morgan fingerprint density at radius 1 is 1.26 bits per heavy atom. The molecule has 130 valence electrons. The molecule has 1 amide bonds. The van der Waals surface area contributed by atoms with E-state index < -0.39 is 0 Å². The Kier molecular flexibility index (Phi) is 8.31. The lowest BCUT2D eigenvalue weighted by Crippen LogP contribution is -2.40. The van der Waals surface area contributed by atoms with Crippen LogP contribution in [-0.2, 0) is 11.3 Å². The lowest BCUT2D eigenvalue weighted by molar-refractivity contribution is -0.133. The molecule has 2 atom stereocenters. The number of carbonyl (C=O) groups is 1. The van der Waals surface area contributed by atoms with Crippen molar-refractivity contribution in [3.05, 3.63) is 30.1 Å². The van der Waals surface area contributed by atoms with Crippen molar-refractivity contribution in [2.75, 3.05) is 6.54 Å². The minimum absolute atomic E-state index is 0. The van der Waals surface area contributed by atoms with E-state index in [1.807, 2.05) is 30.0 Å². The second-order valence-corrected chi connectivity index (χ2v) is 6.41. The van der Waals surface area contributed by atoms with E-state index in [4.69, 9.17) is 0 Å². The van der Waals surface area contributed by atoms with Crippen molar-refractivity contribution < 1.29 is 4.79 Å². The third-order valence-electron chi connectivity index (χ3n) is 4.85. The molecule has 1 N–H and O–H groups in total. The van der Waals surface area contributed by atoms with E-state index in [2.05, 4.69) is 10.3 Å². The number of nitrogens with one attached hydrogen (secondary N) is 1. The van der Waals surface area contributed by atoms with Gasteiger partial charge in [-0.15, -0.1) is 24.8 Å². The average Bonchev–Trinajstić information content (AvgIpc) is 2.84. The Hall–Kier alpha value is -0.840. The summed E-state index contributed by atoms with van der Waals surface area (Å²) >= 11 is 0. The number of amides is 1. The molecule has 1 aromatic heterocycles. The van der Waals surface area contributed by atoms with Crippen LogP contribution < -0.4 is 5.32 Å². The first kappa shape index (κ1) is 20.2. The van der Waals surface area contributed by atoms with Gasteiger partial charge in [0.05, 0.1) is 12.2 Å². The summed E-state index contributed by atoms with van der Waals surface area (Å²) in [5.74, 6) is 0.850. The van der Waals surface area contributed by atoms with E-state index in [0.29, 0.717) is 31.0 Å². The van der Waals surface area contributed by atoms with Crippen molar-refractivity contribution in [2.24, 2.45) is 5.92 Å². The van der Waals surface area contributed by atoms with Gasteiger partial charge in [-0.1, -0.05) is 6.07 Å². The molecule has 2 saturated heterocycles. The van der Waals surface area contributed by atoms with E-state index in [1.54, 1.807) is 6.20 Å². The third kappa shape index (κ3) is 5.33. The molecule has 23 heavy (non-hydrogen) atoms. The summed E-state index contributed by atoms with van der Waals surface area (Å²) in [6, 6.07) is 7.19. The Morgan fingerprint density at radius 2 is 1.96 bits per heavy atom. The molecule has 2 fully saturated rings. The molecule has 4 nitrogen and oxygen atoms in total. The normalized spacial score (nSPS) is 25.2. The van der Waals surface area contributed by atoms with Gasteiger partial charge in [-0.2, -0.15) is 0 Å². The van der Waals surface area contributed by atoms with Crippen molar-refractivity contribution in [1.29, 1.82) is 0 Å². The Bertz CT molecular complexity index is 474. The molecule has 3 heterocycles. The number of piperidine rings is 1. The van der Waals surface area contributed by atoms with Gasteiger partial charge >= 0.3 is 0 Å². The number of hydrogen-bond acceptors (Lipinski definition) is 3. The molecule has 2 aliphatic heterocycles. The van der Waals surface area contributed by atoms with Gasteiger partial charge in [0.1, 0.15) is 0 Å². The maximum atomic E-state index is 12.6.